The van der Waals surface area contributed by atoms with Crippen LogP contribution in [0.5, 0.6) is 0 Å². The highest BCUT2D eigenvalue weighted by atomic mass is 35.5. The summed E-state index contributed by atoms with van der Waals surface area (Å²) < 4.78 is 53.0. The topological polar surface area (TPSA) is 52.7 Å². The molecule has 1 aromatic carbocycles. The van der Waals surface area contributed by atoms with Crippen LogP contribution in [0.2, 0.25) is 0 Å². The molecule has 1 N–H and O–H groups in total. The molecule has 5 nitrogen and oxygen atoms in total. The lowest BCUT2D eigenvalue weighted by molar-refractivity contribution is -0.148. The Morgan fingerprint density at radius 1 is 1.21 bits per heavy atom. The number of nitrogens with one attached hydrogen (secondary N) is 1. The Labute approximate surface area is 167 Å². The lowest BCUT2D eigenvalue weighted by Crippen LogP contribution is -2.51. The Morgan fingerprint density at radius 3 is 2.36 bits per heavy atom. The summed E-state index contributed by atoms with van der Waals surface area (Å²) in [6, 6.07) is 4.30. The third-order valence-electron chi connectivity index (χ3n) is 4.56. The monoisotopic (exact) mass is 425 g/mol. The van der Waals surface area contributed by atoms with E-state index in [1.807, 2.05) is 0 Å². The van der Waals surface area contributed by atoms with Gasteiger partial charge < -0.3 is 15.1 Å². The third kappa shape index (κ3) is 6.63. The van der Waals surface area contributed by atoms with E-state index in [-0.39, 0.29) is 49.8 Å². The van der Waals surface area contributed by atoms with Gasteiger partial charge in [0.25, 0.3) is 5.91 Å². The van der Waals surface area contributed by atoms with Crippen molar-refractivity contribution in [1.29, 1.82) is 0 Å². The second kappa shape index (κ2) is 10.6. The van der Waals surface area contributed by atoms with E-state index in [4.69, 9.17) is 0 Å². The van der Waals surface area contributed by atoms with Crippen molar-refractivity contribution in [3.05, 3.63) is 35.6 Å². The van der Waals surface area contributed by atoms with Crippen molar-refractivity contribution >= 4 is 24.2 Å². The zero-order valence-corrected chi connectivity index (χ0v) is 16.3. The highest BCUT2D eigenvalue weighted by Crippen LogP contribution is 2.25. The van der Waals surface area contributed by atoms with Crippen molar-refractivity contribution in [3.63, 3.8) is 0 Å². The van der Waals surface area contributed by atoms with Crippen LogP contribution in [0.1, 0.15) is 29.6 Å². The van der Waals surface area contributed by atoms with E-state index < -0.39 is 30.5 Å². The highest BCUT2D eigenvalue weighted by Gasteiger charge is 2.38. The van der Waals surface area contributed by atoms with Gasteiger partial charge in [0.2, 0.25) is 5.91 Å². The van der Waals surface area contributed by atoms with Gasteiger partial charge in [-0.1, -0.05) is 12.1 Å². The largest absolute Gasteiger partial charge is 0.406 e. The predicted molar refractivity (Wildman–Crippen MR) is 98.9 cm³/mol. The van der Waals surface area contributed by atoms with Crippen molar-refractivity contribution < 1.29 is 27.2 Å². The molecule has 1 aromatic rings. The SMILES string of the molecule is CNCCC(=O)N1CCC(N(CC(F)(F)F)C(=O)c2ccccc2F)CC1.Cl. The second-order valence-corrected chi connectivity index (χ2v) is 6.49. The highest BCUT2D eigenvalue weighted by molar-refractivity contribution is 5.94. The molecule has 1 saturated heterocycles. The summed E-state index contributed by atoms with van der Waals surface area (Å²) >= 11 is 0. The number of rotatable bonds is 6. The zero-order chi connectivity index (χ0) is 20.0. The van der Waals surface area contributed by atoms with Crippen molar-refractivity contribution in [2.24, 2.45) is 0 Å². The van der Waals surface area contributed by atoms with Gasteiger partial charge >= 0.3 is 6.18 Å². The molecule has 0 aliphatic carbocycles. The smallest absolute Gasteiger partial charge is 0.343 e. The van der Waals surface area contributed by atoms with Gasteiger partial charge in [-0.2, -0.15) is 13.2 Å². The minimum absolute atomic E-state index is 0. The molecule has 0 aromatic heterocycles. The van der Waals surface area contributed by atoms with Gasteiger partial charge in [0, 0.05) is 32.1 Å². The van der Waals surface area contributed by atoms with Crippen LogP contribution in [0.3, 0.4) is 0 Å². The number of benzene rings is 1. The fraction of sp³-hybridized carbons (Fsp3) is 0.556. The number of carbonyl (C=O) groups excluding carboxylic acids is 2. The molecular formula is C18H24ClF4N3O2. The Hall–Kier alpha value is -1.87. The molecule has 0 unspecified atom stereocenters. The first-order chi connectivity index (χ1) is 12.7. The minimum Gasteiger partial charge on any atom is -0.343 e. The van der Waals surface area contributed by atoms with E-state index in [1.54, 1.807) is 11.9 Å². The average Bonchev–Trinajstić information content (AvgIpc) is 2.63. The van der Waals surface area contributed by atoms with Crippen LogP contribution in [0.4, 0.5) is 17.6 Å². The normalized spacial score (nSPS) is 15.1. The van der Waals surface area contributed by atoms with Crippen molar-refractivity contribution in [2.75, 3.05) is 33.2 Å². The van der Waals surface area contributed by atoms with Gasteiger partial charge in [0.1, 0.15) is 12.4 Å². The van der Waals surface area contributed by atoms with Crippen molar-refractivity contribution in [3.8, 4) is 0 Å². The molecule has 2 amide bonds. The maximum atomic E-state index is 13.9. The number of hydrogen-bond acceptors (Lipinski definition) is 3. The van der Waals surface area contributed by atoms with Gasteiger partial charge in [0.05, 0.1) is 5.56 Å². The Bertz CT molecular complexity index is 664. The van der Waals surface area contributed by atoms with E-state index in [9.17, 15) is 27.2 Å². The van der Waals surface area contributed by atoms with Crippen LogP contribution in [0, 0.1) is 5.82 Å². The summed E-state index contributed by atoms with van der Waals surface area (Å²) in [4.78, 5) is 26.9. The predicted octanol–water partition coefficient (Wildman–Crippen LogP) is 2.85. The lowest BCUT2D eigenvalue weighted by Gasteiger charge is -2.39. The van der Waals surface area contributed by atoms with Gasteiger partial charge in [-0.3, -0.25) is 9.59 Å². The quantitative estimate of drug-likeness (QED) is 0.713. The summed E-state index contributed by atoms with van der Waals surface area (Å²) in [6.07, 6.45) is -3.84. The standard InChI is InChI=1S/C18H23F4N3O2.ClH/c1-23-9-6-16(26)24-10-7-13(8-11-24)25(12-18(20,21)22)17(27)14-4-2-3-5-15(14)19;/h2-5,13,23H,6-12H2,1H3;1H. The van der Waals surface area contributed by atoms with Crippen LogP contribution in [-0.4, -0.2) is 67.1 Å². The van der Waals surface area contributed by atoms with Crippen LogP contribution in [-0.2, 0) is 4.79 Å². The first-order valence-corrected chi connectivity index (χ1v) is 8.77. The maximum absolute atomic E-state index is 13.9. The van der Waals surface area contributed by atoms with Gasteiger partial charge in [0.15, 0.2) is 0 Å². The molecule has 28 heavy (non-hydrogen) atoms. The molecule has 1 aliphatic rings. The number of halogens is 5. The molecule has 0 atom stereocenters. The first kappa shape index (κ1) is 24.2. The molecule has 0 spiro atoms. The van der Waals surface area contributed by atoms with E-state index in [1.165, 1.54) is 18.2 Å². The molecule has 0 saturated carbocycles. The molecule has 158 valence electrons. The van der Waals surface area contributed by atoms with E-state index in [0.717, 1.165) is 6.07 Å². The van der Waals surface area contributed by atoms with Crippen molar-refractivity contribution in [2.45, 2.75) is 31.5 Å². The van der Waals surface area contributed by atoms with Crippen LogP contribution < -0.4 is 5.32 Å². The Morgan fingerprint density at radius 2 is 1.82 bits per heavy atom. The van der Waals surface area contributed by atoms with Crippen molar-refractivity contribution in [1.82, 2.24) is 15.1 Å². The first-order valence-electron chi connectivity index (χ1n) is 8.77. The van der Waals surface area contributed by atoms with Gasteiger partial charge in [-0.25, -0.2) is 4.39 Å². The number of piperidine rings is 1. The van der Waals surface area contributed by atoms with E-state index in [2.05, 4.69) is 5.32 Å². The number of amides is 2. The molecule has 1 heterocycles. The minimum atomic E-state index is -4.60. The molecular weight excluding hydrogens is 402 g/mol. The van der Waals surface area contributed by atoms with Crippen LogP contribution in [0.15, 0.2) is 24.3 Å². The Balaban J connectivity index is 0.00000392. The van der Waals surface area contributed by atoms with E-state index >= 15 is 0 Å². The summed E-state index contributed by atoms with van der Waals surface area (Å²) in [7, 11) is 1.73. The molecule has 1 fully saturated rings. The lowest BCUT2D eigenvalue weighted by atomic mass is 10.0. The maximum Gasteiger partial charge on any atom is 0.406 e. The number of hydrogen-bond donors (Lipinski definition) is 1. The Kier molecular flexibility index (Phi) is 9.16. The number of likely N-dealkylation sites (tertiary alicyclic amines) is 1. The van der Waals surface area contributed by atoms with Crippen LogP contribution >= 0.6 is 12.4 Å². The summed E-state index contributed by atoms with van der Waals surface area (Å²) in [5.41, 5.74) is -0.380. The van der Waals surface area contributed by atoms with Gasteiger partial charge in [-0.05, 0) is 32.0 Å². The molecule has 2 rings (SSSR count). The number of carbonyl (C=O) groups is 2. The summed E-state index contributed by atoms with van der Waals surface area (Å²) in [5.74, 6) is -1.91. The molecule has 1 aliphatic heterocycles. The number of nitrogens with zero attached hydrogens (tertiary/aromatic N) is 2. The zero-order valence-electron chi connectivity index (χ0n) is 15.5. The fourth-order valence-corrected chi connectivity index (χ4v) is 3.17. The van der Waals surface area contributed by atoms with Gasteiger partial charge in [-0.15, -0.1) is 12.4 Å². The van der Waals surface area contributed by atoms with Crippen LogP contribution in [0.25, 0.3) is 0 Å². The summed E-state index contributed by atoms with van der Waals surface area (Å²) in [5, 5.41) is 2.87. The van der Waals surface area contributed by atoms with E-state index in [0.29, 0.717) is 17.9 Å². The second-order valence-electron chi connectivity index (χ2n) is 6.49. The molecule has 10 heteroatoms. The third-order valence-corrected chi connectivity index (χ3v) is 4.56. The summed E-state index contributed by atoms with van der Waals surface area (Å²) in [6.45, 7) is -0.387. The fourth-order valence-electron chi connectivity index (χ4n) is 3.17. The average molecular weight is 426 g/mol. The molecule has 0 bridgehead atoms. The number of alkyl halides is 3. The molecule has 0 radical (unpaired) electrons.